The van der Waals surface area contributed by atoms with Gasteiger partial charge in [-0.3, -0.25) is 28.1 Å². The first-order valence-electron chi connectivity index (χ1n) is 16.6. The Morgan fingerprint density at radius 3 is 1.84 bits per heavy atom. The van der Waals surface area contributed by atoms with Gasteiger partial charge in [0.05, 0.1) is 31.0 Å². The molecule has 2 aromatic carbocycles. The van der Waals surface area contributed by atoms with Crippen molar-refractivity contribution in [2.75, 3.05) is 13.2 Å². The minimum Gasteiger partial charge on any atom is -0.403 e. The molecule has 4 aromatic rings. The normalized spacial score (nSPS) is 23.9. The fourth-order valence-corrected chi connectivity index (χ4v) is 8.80. The number of benzene rings is 2. The van der Waals surface area contributed by atoms with E-state index >= 15 is 0 Å². The molecule has 2 aliphatic rings. The van der Waals surface area contributed by atoms with Crippen LogP contribution in [0.2, 0.25) is 0 Å². The fraction of sp³-hybridized carbons (Fsp3) is 0.351. The molecule has 49 heavy (non-hydrogen) atoms. The molecule has 6 rings (SSSR count). The maximum absolute atomic E-state index is 14.3. The molecule has 10 nitrogen and oxygen atoms in total. The molecule has 2 aromatic heterocycles. The van der Waals surface area contributed by atoms with Crippen LogP contribution in [0.1, 0.15) is 86.0 Å². The van der Waals surface area contributed by atoms with Crippen molar-refractivity contribution in [3.8, 4) is 22.6 Å². The first-order valence-corrected chi connectivity index (χ1v) is 19.6. The second-order valence-electron chi connectivity index (χ2n) is 12.3. The summed E-state index contributed by atoms with van der Waals surface area (Å²) < 4.78 is 65.1. The highest BCUT2D eigenvalue weighted by Crippen LogP contribution is 2.62. The molecule has 12 heteroatoms. The molecule has 0 spiro atoms. The largest absolute Gasteiger partial charge is 0.530 e. The number of allylic oxidation sites excluding steroid dienone is 1. The molecule has 0 bridgehead atoms. The maximum Gasteiger partial charge on any atom is 0.530 e. The van der Waals surface area contributed by atoms with Crippen molar-refractivity contribution in [3.63, 3.8) is 0 Å². The smallest absolute Gasteiger partial charge is 0.403 e. The minimum absolute atomic E-state index is 0.161. The predicted octanol–water partition coefficient (Wildman–Crippen LogP) is 10.5. The third-order valence-corrected chi connectivity index (χ3v) is 11.3. The van der Waals surface area contributed by atoms with Gasteiger partial charge in [-0.15, -0.1) is 0 Å². The van der Waals surface area contributed by atoms with E-state index in [1.165, 1.54) is 0 Å². The van der Waals surface area contributed by atoms with Gasteiger partial charge in [0.25, 0.3) is 0 Å². The van der Waals surface area contributed by atoms with Gasteiger partial charge in [0.1, 0.15) is 11.5 Å². The van der Waals surface area contributed by atoms with Gasteiger partial charge in [0.2, 0.25) is 0 Å². The van der Waals surface area contributed by atoms with E-state index in [4.69, 9.17) is 27.1 Å². The van der Waals surface area contributed by atoms with E-state index in [0.29, 0.717) is 30.4 Å². The molecular weight excluding hydrogens is 662 g/mol. The predicted molar refractivity (Wildman–Crippen MR) is 188 cm³/mol. The van der Waals surface area contributed by atoms with Crippen molar-refractivity contribution in [1.29, 1.82) is 0 Å². The number of pyridine rings is 2. The lowest BCUT2D eigenvalue weighted by Gasteiger charge is -2.31. The van der Waals surface area contributed by atoms with E-state index in [0.717, 1.165) is 52.7 Å². The standard InChI is InChI=1S/C37H42N2O8P2/c1-5-6-7-8-28-24-35(46-48(40)42-21-15-33(44-48)29-11-17-38-18-12-29)37(32-23-27(4)9-10-31(32)26(2)3)36(25-28)47-49(41)43-22-16-34(45-49)30-13-19-39-20-14-30/h9-14,17-20,23-25,33-34H,2,5-8,15-16,21-22H2,1,3-4H3. The molecule has 0 radical (unpaired) electrons. The van der Waals surface area contributed by atoms with Crippen LogP contribution in [0.5, 0.6) is 11.5 Å². The van der Waals surface area contributed by atoms with Crippen LogP contribution in [0.25, 0.3) is 16.7 Å². The molecule has 0 amide bonds. The van der Waals surface area contributed by atoms with E-state index < -0.39 is 27.9 Å². The lowest BCUT2D eigenvalue weighted by Crippen LogP contribution is -2.18. The Morgan fingerprint density at radius 2 is 1.35 bits per heavy atom. The lowest BCUT2D eigenvalue weighted by atomic mass is 9.91. The summed E-state index contributed by atoms with van der Waals surface area (Å²) in [6, 6.07) is 16.9. The van der Waals surface area contributed by atoms with E-state index in [9.17, 15) is 9.13 Å². The van der Waals surface area contributed by atoms with Gasteiger partial charge in [0.15, 0.2) is 0 Å². The molecule has 0 aliphatic carbocycles. The van der Waals surface area contributed by atoms with E-state index in [2.05, 4.69) is 23.5 Å². The number of aromatic nitrogens is 2. The third kappa shape index (κ3) is 8.58. The Hall–Kier alpha value is -3.62. The van der Waals surface area contributed by atoms with Crippen molar-refractivity contribution in [3.05, 3.63) is 114 Å². The zero-order chi connectivity index (χ0) is 34.4. The Balaban J connectivity index is 1.47. The van der Waals surface area contributed by atoms with Gasteiger partial charge in [0, 0.05) is 37.6 Å². The molecule has 4 unspecified atom stereocenters. The molecule has 0 saturated carbocycles. The minimum atomic E-state index is -4.17. The van der Waals surface area contributed by atoms with Crippen LogP contribution in [0, 0.1) is 6.92 Å². The van der Waals surface area contributed by atoms with Crippen molar-refractivity contribution in [2.24, 2.45) is 0 Å². The molecule has 0 N–H and O–H groups in total. The number of hydrogen-bond donors (Lipinski definition) is 0. The Labute approximate surface area is 288 Å². The average Bonchev–Trinajstić information content (AvgIpc) is 3.09. The quantitative estimate of drug-likeness (QED) is 0.104. The number of phosphoric ester groups is 2. The Bertz CT molecular complexity index is 1770. The molecule has 2 fully saturated rings. The zero-order valence-corrected chi connectivity index (χ0v) is 29.9. The van der Waals surface area contributed by atoms with Gasteiger partial charge in [-0.1, -0.05) is 55.7 Å². The molecule has 2 saturated heterocycles. The molecular formula is C37H42N2O8P2. The van der Waals surface area contributed by atoms with Crippen LogP contribution in [-0.2, 0) is 33.6 Å². The number of nitrogens with zero attached hydrogens (tertiary/aromatic N) is 2. The van der Waals surface area contributed by atoms with Crippen LogP contribution >= 0.6 is 15.6 Å². The van der Waals surface area contributed by atoms with E-state index in [1.54, 1.807) is 24.8 Å². The number of unbranched alkanes of at least 4 members (excludes halogenated alkanes) is 2. The maximum atomic E-state index is 14.3. The fourth-order valence-electron chi connectivity index (χ4n) is 5.98. The highest BCUT2D eigenvalue weighted by Gasteiger charge is 2.41. The monoisotopic (exact) mass is 704 g/mol. The second kappa shape index (κ2) is 15.5. The van der Waals surface area contributed by atoms with Gasteiger partial charge < -0.3 is 9.05 Å². The highest BCUT2D eigenvalue weighted by atomic mass is 31.2. The topological polar surface area (TPSA) is 115 Å². The van der Waals surface area contributed by atoms with Gasteiger partial charge in [-0.05, 0) is 90.9 Å². The van der Waals surface area contributed by atoms with E-state index in [-0.39, 0.29) is 24.7 Å². The van der Waals surface area contributed by atoms with Crippen LogP contribution < -0.4 is 9.05 Å². The second-order valence-corrected chi connectivity index (χ2v) is 15.4. The summed E-state index contributed by atoms with van der Waals surface area (Å²) in [4.78, 5) is 8.18. The Morgan fingerprint density at radius 1 is 0.816 bits per heavy atom. The zero-order valence-electron chi connectivity index (χ0n) is 28.1. The molecule has 4 atom stereocenters. The van der Waals surface area contributed by atoms with Crippen LogP contribution in [0.15, 0.2) is 86.0 Å². The SMILES string of the molecule is C=C(C)c1ccc(C)cc1-c1c(OP2(=O)OCCC(c3ccncc3)O2)cc(CCCCC)cc1OP1(=O)OCCC(c2ccncc2)O1. The number of aryl methyl sites for hydroxylation is 2. The summed E-state index contributed by atoms with van der Waals surface area (Å²) in [5, 5.41) is 0. The van der Waals surface area contributed by atoms with Crippen LogP contribution in [-0.4, -0.2) is 23.2 Å². The van der Waals surface area contributed by atoms with Crippen molar-refractivity contribution < 1.29 is 36.3 Å². The Kier molecular flexibility index (Phi) is 11.1. The first kappa shape index (κ1) is 35.2. The summed E-state index contributed by atoms with van der Waals surface area (Å²) in [7, 11) is -8.34. The van der Waals surface area contributed by atoms with Crippen LogP contribution in [0.3, 0.4) is 0 Å². The lowest BCUT2D eigenvalue weighted by molar-refractivity contribution is 0.0508. The first-order chi connectivity index (χ1) is 23.7. The summed E-state index contributed by atoms with van der Waals surface area (Å²) in [5.41, 5.74) is 6.08. The molecule has 258 valence electrons. The van der Waals surface area contributed by atoms with Crippen LogP contribution in [0.4, 0.5) is 0 Å². The molecule has 2 aliphatic heterocycles. The van der Waals surface area contributed by atoms with E-state index in [1.807, 2.05) is 68.4 Å². The van der Waals surface area contributed by atoms with Gasteiger partial charge in [-0.2, -0.15) is 0 Å². The third-order valence-electron chi connectivity index (χ3n) is 8.45. The van der Waals surface area contributed by atoms with Crippen molar-refractivity contribution >= 4 is 21.2 Å². The van der Waals surface area contributed by atoms with Crippen molar-refractivity contribution in [2.45, 2.75) is 71.5 Å². The summed E-state index contributed by atoms with van der Waals surface area (Å²) in [6.45, 7) is 10.5. The van der Waals surface area contributed by atoms with Gasteiger partial charge >= 0.3 is 15.6 Å². The molecule has 4 heterocycles. The summed E-state index contributed by atoms with van der Waals surface area (Å²) in [5.74, 6) is 0.398. The highest BCUT2D eigenvalue weighted by molar-refractivity contribution is 7.49. The number of phosphoric acid groups is 2. The van der Waals surface area contributed by atoms with Gasteiger partial charge in [-0.25, -0.2) is 9.13 Å². The average molecular weight is 705 g/mol. The van der Waals surface area contributed by atoms with Crippen molar-refractivity contribution in [1.82, 2.24) is 9.97 Å². The number of hydrogen-bond acceptors (Lipinski definition) is 10. The summed E-state index contributed by atoms with van der Waals surface area (Å²) >= 11 is 0. The number of rotatable bonds is 12. The summed E-state index contributed by atoms with van der Waals surface area (Å²) in [6.07, 6.45) is 10.2.